The molecular weight excluding hydrogens is 392 g/mol. The number of nitrogens with one attached hydrogen (secondary N) is 1. The Balaban J connectivity index is 2.00. The first-order valence-corrected chi connectivity index (χ1v) is 8.21. The van der Waals surface area contributed by atoms with Crippen molar-refractivity contribution in [3.63, 3.8) is 0 Å². The van der Waals surface area contributed by atoms with Crippen LogP contribution in [-0.2, 0) is 7.05 Å². The normalized spacial score (nSPS) is 10.8. The van der Waals surface area contributed by atoms with E-state index in [4.69, 9.17) is 0 Å². The van der Waals surface area contributed by atoms with Crippen molar-refractivity contribution in [1.82, 2.24) is 9.78 Å². The van der Waals surface area contributed by atoms with Gasteiger partial charge in [-0.15, -0.1) is 0 Å². The molecule has 1 heterocycles. The number of anilines is 1. The molecule has 0 saturated carbocycles. The van der Waals surface area contributed by atoms with Crippen molar-refractivity contribution in [3.8, 4) is 11.1 Å². The average molecular weight is 406 g/mol. The molecule has 25 heavy (non-hydrogen) atoms. The van der Waals surface area contributed by atoms with E-state index in [0.717, 1.165) is 39.5 Å². The van der Waals surface area contributed by atoms with Crippen LogP contribution in [-0.4, -0.2) is 15.7 Å². The molecule has 0 aliphatic rings. The molecule has 4 nitrogen and oxygen atoms in total. The molecule has 1 N–H and O–H groups in total. The number of aromatic nitrogens is 2. The standard InChI is InChI=1S/C18H14BrF2N3O/c1-10-16(11-3-5-13(19)6-4-11)17(24(2)23-10)22-18(25)12-7-14(20)9-15(21)8-12/h3-9H,1-2H3,(H,22,25). The summed E-state index contributed by atoms with van der Waals surface area (Å²) in [6.07, 6.45) is 0. The number of aryl methyl sites for hydroxylation is 2. The van der Waals surface area contributed by atoms with Crippen molar-refractivity contribution in [2.75, 3.05) is 5.32 Å². The Kier molecular flexibility index (Phi) is 4.67. The molecule has 0 saturated heterocycles. The second-order valence-corrected chi connectivity index (χ2v) is 6.47. The first kappa shape index (κ1) is 17.3. The van der Waals surface area contributed by atoms with E-state index in [-0.39, 0.29) is 5.56 Å². The first-order valence-electron chi connectivity index (χ1n) is 7.42. The van der Waals surface area contributed by atoms with Crippen LogP contribution < -0.4 is 5.32 Å². The van der Waals surface area contributed by atoms with Crippen molar-refractivity contribution in [3.05, 3.63) is 69.8 Å². The predicted molar refractivity (Wildman–Crippen MR) is 95.4 cm³/mol. The summed E-state index contributed by atoms with van der Waals surface area (Å²) in [5.74, 6) is -1.77. The summed E-state index contributed by atoms with van der Waals surface area (Å²) in [5.41, 5.74) is 2.25. The van der Waals surface area contributed by atoms with Gasteiger partial charge in [-0.05, 0) is 36.8 Å². The van der Waals surface area contributed by atoms with Gasteiger partial charge < -0.3 is 5.32 Å². The molecule has 7 heteroatoms. The molecule has 128 valence electrons. The van der Waals surface area contributed by atoms with Crippen molar-refractivity contribution in [1.29, 1.82) is 0 Å². The Morgan fingerprint density at radius 3 is 2.32 bits per heavy atom. The van der Waals surface area contributed by atoms with Crippen LogP contribution in [0, 0.1) is 18.6 Å². The van der Waals surface area contributed by atoms with Crippen molar-refractivity contribution in [2.24, 2.45) is 7.05 Å². The Morgan fingerprint density at radius 2 is 1.72 bits per heavy atom. The van der Waals surface area contributed by atoms with E-state index in [1.165, 1.54) is 4.68 Å². The fraction of sp³-hybridized carbons (Fsp3) is 0.111. The topological polar surface area (TPSA) is 46.9 Å². The molecule has 1 aromatic heterocycles. The van der Waals surface area contributed by atoms with Crippen LogP contribution in [0.2, 0.25) is 0 Å². The van der Waals surface area contributed by atoms with Gasteiger partial charge in [0.05, 0.1) is 5.69 Å². The summed E-state index contributed by atoms with van der Waals surface area (Å²) in [7, 11) is 1.69. The molecule has 1 amide bonds. The van der Waals surface area contributed by atoms with E-state index < -0.39 is 17.5 Å². The molecule has 0 radical (unpaired) electrons. The zero-order chi connectivity index (χ0) is 18.1. The van der Waals surface area contributed by atoms with Crippen LogP contribution in [0.25, 0.3) is 11.1 Å². The van der Waals surface area contributed by atoms with Crippen LogP contribution in [0.5, 0.6) is 0 Å². The van der Waals surface area contributed by atoms with Crippen LogP contribution in [0.15, 0.2) is 46.9 Å². The summed E-state index contributed by atoms with van der Waals surface area (Å²) in [4.78, 5) is 12.4. The van der Waals surface area contributed by atoms with E-state index in [9.17, 15) is 13.6 Å². The summed E-state index contributed by atoms with van der Waals surface area (Å²) in [5, 5.41) is 7.03. The first-order chi connectivity index (χ1) is 11.8. The summed E-state index contributed by atoms with van der Waals surface area (Å²) in [6, 6.07) is 10.3. The monoisotopic (exact) mass is 405 g/mol. The smallest absolute Gasteiger partial charge is 0.257 e. The van der Waals surface area contributed by atoms with Gasteiger partial charge in [0, 0.05) is 28.7 Å². The van der Waals surface area contributed by atoms with Gasteiger partial charge >= 0.3 is 0 Å². The zero-order valence-corrected chi connectivity index (χ0v) is 15.1. The second-order valence-electron chi connectivity index (χ2n) is 5.55. The third-order valence-corrected chi connectivity index (χ3v) is 4.24. The molecule has 3 rings (SSSR count). The maximum atomic E-state index is 13.4. The van der Waals surface area contributed by atoms with Crippen molar-refractivity contribution < 1.29 is 13.6 Å². The number of amides is 1. The van der Waals surface area contributed by atoms with E-state index in [2.05, 4.69) is 26.3 Å². The SMILES string of the molecule is Cc1nn(C)c(NC(=O)c2cc(F)cc(F)c2)c1-c1ccc(Br)cc1. The van der Waals surface area contributed by atoms with Gasteiger partial charge in [0.1, 0.15) is 17.5 Å². The Bertz CT molecular complexity index is 931. The molecule has 0 aliphatic carbocycles. The number of nitrogens with zero attached hydrogens (tertiary/aromatic N) is 2. The number of hydrogen-bond acceptors (Lipinski definition) is 2. The lowest BCUT2D eigenvalue weighted by Gasteiger charge is -2.10. The lowest BCUT2D eigenvalue weighted by molar-refractivity contribution is 0.102. The predicted octanol–water partition coefficient (Wildman–Crippen LogP) is 4.69. The zero-order valence-electron chi connectivity index (χ0n) is 13.5. The molecule has 0 aliphatic heterocycles. The molecule has 0 spiro atoms. The number of hydrogen-bond donors (Lipinski definition) is 1. The molecule has 2 aromatic carbocycles. The minimum atomic E-state index is -0.806. The highest BCUT2D eigenvalue weighted by Crippen LogP contribution is 2.32. The second kappa shape index (κ2) is 6.76. The van der Waals surface area contributed by atoms with Gasteiger partial charge in [0.2, 0.25) is 0 Å². The Hall–Kier alpha value is -2.54. The molecule has 0 atom stereocenters. The molecule has 3 aromatic rings. The summed E-state index contributed by atoms with van der Waals surface area (Å²) in [6.45, 7) is 1.83. The molecule has 0 bridgehead atoms. The minimum Gasteiger partial charge on any atom is -0.306 e. The lowest BCUT2D eigenvalue weighted by atomic mass is 10.1. The van der Waals surface area contributed by atoms with E-state index >= 15 is 0 Å². The molecule has 0 fully saturated rings. The van der Waals surface area contributed by atoms with Crippen molar-refractivity contribution >= 4 is 27.7 Å². The fourth-order valence-corrected chi connectivity index (χ4v) is 2.89. The van der Waals surface area contributed by atoms with Gasteiger partial charge in [0.25, 0.3) is 5.91 Å². The highest BCUT2D eigenvalue weighted by Gasteiger charge is 2.19. The number of carbonyl (C=O) groups is 1. The molecular formula is C18H14BrF2N3O. The number of halogens is 3. The number of benzene rings is 2. The number of rotatable bonds is 3. The maximum Gasteiger partial charge on any atom is 0.257 e. The van der Waals surface area contributed by atoms with E-state index in [0.29, 0.717) is 5.82 Å². The minimum absolute atomic E-state index is 0.0990. The summed E-state index contributed by atoms with van der Waals surface area (Å²) < 4.78 is 29.2. The van der Waals surface area contributed by atoms with Crippen molar-refractivity contribution in [2.45, 2.75) is 6.92 Å². The van der Waals surface area contributed by atoms with Gasteiger partial charge in [-0.1, -0.05) is 28.1 Å². The van der Waals surface area contributed by atoms with Crippen LogP contribution >= 0.6 is 15.9 Å². The van der Waals surface area contributed by atoms with Gasteiger partial charge in [0.15, 0.2) is 0 Å². The van der Waals surface area contributed by atoms with Crippen LogP contribution in [0.4, 0.5) is 14.6 Å². The van der Waals surface area contributed by atoms with Gasteiger partial charge in [-0.3, -0.25) is 9.48 Å². The third-order valence-electron chi connectivity index (χ3n) is 3.71. The lowest BCUT2D eigenvalue weighted by Crippen LogP contribution is -2.15. The quantitative estimate of drug-likeness (QED) is 0.686. The summed E-state index contributed by atoms with van der Waals surface area (Å²) >= 11 is 3.38. The van der Waals surface area contributed by atoms with Gasteiger partial charge in [-0.2, -0.15) is 5.10 Å². The number of carbonyl (C=O) groups excluding carboxylic acids is 1. The van der Waals surface area contributed by atoms with E-state index in [1.807, 2.05) is 31.2 Å². The average Bonchev–Trinajstić information content (AvgIpc) is 2.81. The molecule has 0 unspecified atom stereocenters. The highest BCUT2D eigenvalue weighted by molar-refractivity contribution is 9.10. The van der Waals surface area contributed by atoms with Crippen LogP contribution in [0.1, 0.15) is 16.1 Å². The van der Waals surface area contributed by atoms with Gasteiger partial charge in [-0.25, -0.2) is 8.78 Å². The largest absolute Gasteiger partial charge is 0.306 e. The Labute approximate surface area is 151 Å². The highest BCUT2D eigenvalue weighted by atomic mass is 79.9. The van der Waals surface area contributed by atoms with E-state index in [1.54, 1.807) is 7.05 Å². The maximum absolute atomic E-state index is 13.4. The fourth-order valence-electron chi connectivity index (χ4n) is 2.63. The third kappa shape index (κ3) is 3.61. The Morgan fingerprint density at radius 1 is 1.12 bits per heavy atom. The van der Waals surface area contributed by atoms with Crippen LogP contribution in [0.3, 0.4) is 0 Å².